The molecule has 1 saturated carbocycles. The van der Waals surface area contributed by atoms with E-state index >= 15 is 0 Å². The van der Waals surface area contributed by atoms with E-state index in [-0.39, 0.29) is 17.9 Å². The van der Waals surface area contributed by atoms with E-state index in [1.807, 2.05) is 12.1 Å². The predicted octanol–water partition coefficient (Wildman–Crippen LogP) is 4.91. The summed E-state index contributed by atoms with van der Waals surface area (Å²) in [5.41, 5.74) is 9.74. The number of hydrogen-bond acceptors (Lipinski definition) is 3. The molecule has 4 rings (SSSR count). The number of fused-ring (bicyclic) bond motifs is 1. The van der Waals surface area contributed by atoms with Gasteiger partial charge in [0.25, 0.3) is 0 Å². The maximum absolute atomic E-state index is 6.25. The molecule has 2 nitrogen and oxygen atoms in total. The van der Waals surface area contributed by atoms with Gasteiger partial charge in [-0.1, -0.05) is 48.5 Å². The van der Waals surface area contributed by atoms with Crippen LogP contribution in [0.4, 0.5) is 0 Å². The molecular weight excluding hydrogens is 324 g/mol. The van der Waals surface area contributed by atoms with E-state index in [9.17, 15) is 0 Å². The van der Waals surface area contributed by atoms with Crippen LogP contribution in [0.2, 0.25) is 0 Å². The fraction of sp³-hybridized carbons (Fsp3) is 0.211. The fourth-order valence-electron chi connectivity index (χ4n) is 2.55. The topological polar surface area (TPSA) is 38.9 Å². The Kier molecular flexibility index (Phi) is 4.62. The van der Waals surface area contributed by atoms with Crippen molar-refractivity contribution in [2.45, 2.75) is 23.4 Å². The summed E-state index contributed by atoms with van der Waals surface area (Å²) in [6.07, 6.45) is 2.27. The van der Waals surface area contributed by atoms with Crippen molar-refractivity contribution in [3.63, 3.8) is 0 Å². The summed E-state index contributed by atoms with van der Waals surface area (Å²) in [5, 5.41) is 2.27. The molecule has 0 radical (unpaired) electrons. The molecule has 0 aliphatic heterocycles. The second-order valence-corrected chi connectivity index (χ2v) is 7.01. The second-order valence-electron chi connectivity index (χ2n) is 6.05. The zero-order valence-electron chi connectivity index (χ0n) is 12.7. The van der Waals surface area contributed by atoms with E-state index in [0.29, 0.717) is 0 Å². The lowest BCUT2D eigenvalue weighted by Gasteiger charge is -2.13. The molecule has 3 aromatic rings. The van der Waals surface area contributed by atoms with Crippen LogP contribution in [0.5, 0.6) is 0 Å². The molecule has 0 saturated heterocycles. The third-order valence-corrected chi connectivity index (χ3v) is 5.47. The van der Waals surface area contributed by atoms with Crippen molar-refractivity contribution >= 4 is 35.1 Å². The molecule has 0 atom stereocenters. The minimum Gasteiger partial charge on any atom is -0.324 e. The Morgan fingerprint density at radius 1 is 1.00 bits per heavy atom. The van der Waals surface area contributed by atoms with Crippen molar-refractivity contribution in [3.05, 3.63) is 60.7 Å². The van der Waals surface area contributed by atoms with Crippen molar-refractivity contribution in [2.24, 2.45) is 5.73 Å². The summed E-state index contributed by atoms with van der Waals surface area (Å²) in [6.45, 7) is 0. The standard InChI is InChI=1S/C19H18N2S.ClH/c20-19(10-11-19)13-22-18-16(14-6-2-1-3-7-14)12-15-8-4-5-9-17(15)21-18;/h1-9,12H,10-11,13,20H2;1H. The summed E-state index contributed by atoms with van der Waals surface area (Å²) >= 11 is 1.79. The minimum atomic E-state index is 0. The number of hydrogen-bond donors (Lipinski definition) is 1. The van der Waals surface area contributed by atoms with Crippen LogP contribution in [0, 0.1) is 0 Å². The van der Waals surface area contributed by atoms with Crippen LogP contribution in [-0.4, -0.2) is 16.3 Å². The van der Waals surface area contributed by atoms with Crippen LogP contribution in [0.3, 0.4) is 0 Å². The van der Waals surface area contributed by atoms with E-state index < -0.39 is 0 Å². The normalized spacial score (nSPS) is 15.2. The third-order valence-electron chi connectivity index (χ3n) is 4.16. The van der Waals surface area contributed by atoms with Gasteiger partial charge in [-0.25, -0.2) is 4.98 Å². The van der Waals surface area contributed by atoms with E-state index in [4.69, 9.17) is 10.7 Å². The first kappa shape index (κ1) is 16.3. The maximum Gasteiger partial charge on any atom is 0.105 e. The Balaban J connectivity index is 0.00000156. The van der Waals surface area contributed by atoms with Crippen LogP contribution in [0.1, 0.15) is 12.8 Å². The lowest BCUT2D eigenvalue weighted by atomic mass is 10.1. The van der Waals surface area contributed by atoms with Gasteiger partial charge in [0.05, 0.1) is 5.52 Å². The third kappa shape index (κ3) is 3.52. The summed E-state index contributed by atoms with van der Waals surface area (Å²) in [7, 11) is 0. The zero-order valence-corrected chi connectivity index (χ0v) is 14.4. The highest BCUT2D eigenvalue weighted by atomic mass is 35.5. The number of rotatable bonds is 4. The number of pyridine rings is 1. The van der Waals surface area contributed by atoms with Crippen molar-refractivity contribution in [1.29, 1.82) is 0 Å². The molecule has 1 heterocycles. The van der Waals surface area contributed by atoms with Crippen LogP contribution < -0.4 is 5.73 Å². The Morgan fingerprint density at radius 3 is 2.43 bits per heavy atom. The molecule has 1 aliphatic carbocycles. The lowest BCUT2D eigenvalue weighted by Crippen LogP contribution is -2.24. The van der Waals surface area contributed by atoms with Crippen molar-refractivity contribution in [3.8, 4) is 11.1 Å². The van der Waals surface area contributed by atoms with Crippen LogP contribution in [-0.2, 0) is 0 Å². The number of nitrogens with zero attached hydrogens (tertiary/aromatic N) is 1. The quantitative estimate of drug-likeness (QED) is 0.685. The van der Waals surface area contributed by atoms with Crippen molar-refractivity contribution < 1.29 is 0 Å². The number of para-hydroxylation sites is 1. The molecular formula is C19H19ClN2S. The van der Waals surface area contributed by atoms with E-state index in [0.717, 1.165) is 29.1 Å². The van der Waals surface area contributed by atoms with Crippen LogP contribution in [0.25, 0.3) is 22.0 Å². The van der Waals surface area contributed by atoms with Gasteiger partial charge in [-0.05, 0) is 30.5 Å². The Labute approximate surface area is 146 Å². The fourth-order valence-corrected chi connectivity index (χ4v) is 3.76. The van der Waals surface area contributed by atoms with Gasteiger partial charge in [0, 0.05) is 22.2 Å². The summed E-state index contributed by atoms with van der Waals surface area (Å²) < 4.78 is 0. The molecule has 0 bridgehead atoms. The Morgan fingerprint density at radius 2 is 1.70 bits per heavy atom. The van der Waals surface area contributed by atoms with Crippen LogP contribution >= 0.6 is 24.2 Å². The summed E-state index contributed by atoms with van der Waals surface area (Å²) in [6, 6.07) is 21.0. The minimum absolute atomic E-state index is 0. The summed E-state index contributed by atoms with van der Waals surface area (Å²) in [4.78, 5) is 4.89. The van der Waals surface area contributed by atoms with Gasteiger partial charge in [-0.2, -0.15) is 0 Å². The number of benzene rings is 2. The average molecular weight is 343 g/mol. The zero-order chi connectivity index (χ0) is 15.0. The van der Waals surface area contributed by atoms with Gasteiger partial charge in [-0.15, -0.1) is 24.2 Å². The molecule has 0 amide bonds. The van der Waals surface area contributed by atoms with Gasteiger partial charge in [-0.3, -0.25) is 0 Å². The highest BCUT2D eigenvalue weighted by molar-refractivity contribution is 7.99. The molecule has 1 aromatic heterocycles. The molecule has 1 fully saturated rings. The first-order valence-electron chi connectivity index (χ1n) is 7.60. The van der Waals surface area contributed by atoms with Crippen molar-refractivity contribution in [2.75, 3.05) is 5.75 Å². The molecule has 4 heteroatoms. The van der Waals surface area contributed by atoms with Crippen molar-refractivity contribution in [1.82, 2.24) is 4.98 Å². The Hall–Kier alpha value is -1.55. The molecule has 0 spiro atoms. The lowest BCUT2D eigenvalue weighted by molar-refractivity contribution is 0.775. The molecule has 1 aliphatic rings. The Bertz CT molecular complexity index is 816. The first-order valence-corrected chi connectivity index (χ1v) is 8.59. The highest BCUT2D eigenvalue weighted by Crippen LogP contribution is 2.40. The van der Waals surface area contributed by atoms with E-state index in [1.165, 1.54) is 16.5 Å². The average Bonchev–Trinajstić information content (AvgIpc) is 3.31. The smallest absolute Gasteiger partial charge is 0.105 e. The molecule has 23 heavy (non-hydrogen) atoms. The molecule has 0 unspecified atom stereocenters. The predicted molar refractivity (Wildman–Crippen MR) is 101 cm³/mol. The summed E-state index contributed by atoms with van der Waals surface area (Å²) in [5.74, 6) is 0.943. The first-order chi connectivity index (χ1) is 10.7. The van der Waals surface area contributed by atoms with Gasteiger partial charge in [0.2, 0.25) is 0 Å². The van der Waals surface area contributed by atoms with Gasteiger partial charge < -0.3 is 5.73 Å². The highest BCUT2D eigenvalue weighted by Gasteiger charge is 2.38. The van der Waals surface area contributed by atoms with E-state index in [1.54, 1.807) is 11.8 Å². The largest absolute Gasteiger partial charge is 0.324 e. The number of thioether (sulfide) groups is 1. The van der Waals surface area contributed by atoms with E-state index in [2.05, 4.69) is 48.5 Å². The molecule has 2 N–H and O–H groups in total. The monoisotopic (exact) mass is 342 g/mol. The maximum atomic E-state index is 6.25. The van der Waals surface area contributed by atoms with Gasteiger partial charge >= 0.3 is 0 Å². The number of aromatic nitrogens is 1. The number of halogens is 1. The van der Waals surface area contributed by atoms with Gasteiger partial charge in [0.1, 0.15) is 5.03 Å². The van der Waals surface area contributed by atoms with Crippen LogP contribution in [0.15, 0.2) is 65.7 Å². The molecule has 118 valence electrons. The number of nitrogens with two attached hydrogens (primary N) is 1. The SMILES string of the molecule is Cl.NC1(CSc2nc3ccccc3cc2-c2ccccc2)CC1. The second kappa shape index (κ2) is 6.52. The molecule has 2 aromatic carbocycles. The van der Waals surface area contributed by atoms with Gasteiger partial charge in [0.15, 0.2) is 0 Å².